The molecule has 25 heavy (non-hydrogen) atoms. The van der Waals surface area contributed by atoms with Gasteiger partial charge in [-0.1, -0.05) is 0 Å². The molecule has 9 heteroatoms. The molecule has 0 unspecified atom stereocenters. The van der Waals surface area contributed by atoms with E-state index in [2.05, 4.69) is 15.0 Å². The third-order valence-corrected chi connectivity index (χ3v) is 4.02. The number of ether oxygens (including phenoxy) is 1. The highest BCUT2D eigenvalue weighted by Crippen LogP contribution is 2.16. The Labute approximate surface area is 143 Å². The Balaban J connectivity index is 1.54. The predicted octanol–water partition coefficient (Wildman–Crippen LogP) is -0.213. The Morgan fingerprint density at radius 2 is 2.24 bits per heavy atom. The van der Waals surface area contributed by atoms with Crippen molar-refractivity contribution in [3.05, 3.63) is 51.7 Å². The van der Waals surface area contributed by atoms with Gasteiger partial charge in [0.05, 0.1) is 12.7 Å². The molecule has 1 aliphatic rings. The van der Waals surface area contributed by atoms with Crippen LogP contribution in [0, 0.1) is 0 Å². The first-order chi connectivity index (χ1) is 12.1. The van der Waals surface area contributed by atoms with Gasteiger partial charge in [-0.05, 0) is 12.8 Å². The molecule has 0 bridgehead atoms. The summed E-state index contributed by atoms with van der Waals surface area (Å²) < 4.78 is 7.08. The summed E-state index contributed by atoms with van der Waals surface area (Å²) in [5.74, 6) is 0.395. The summed E-state index contributed by atoms with van der Waals surface area (Å²) in [4.78, 5) is 47.0. The SMILES string of the molecule is O=C(CCn1ccc(=O)[nH]c1=O)N1CCC[C@@H](Oc2cnccn2)C1. The molecule has 0 aromatic carbocycles. The molecule has 132 valence electrons. The molecule has 1 atom stereocenters. The fourth-order valence-corrected chi connectivity index (χ4v) is 2.77. The number of likely N-dealkylation sites (tertiary alicyclic amines) is 1. The summed E-state index contributed by atoms with van der Waals surface area (Å²) in [6.45, 7) is 1.37. The van der Waals surface area contributed by atoms with Gasteiger partial charge in [0.25, 0.3) is 5.56 Å². The number of carbonyl (C=O) groups is 1. The molecule has 0 aliphatic carbocycles. The maximum Gasteiger partial charge on any atom is 0.328 e. The lowest BCUT2D eigenvalue weighted by molar-refractivity contribution is -0.134. The fraction of sp³-hybridized carbons (Fsp3) is 0.438. The van der Waals surface area contributed by atoms with E-state index in [0.717, 1.165) is 12.8 Å². The second-order valence-corrected chi connectivity index (χ2v) is 5.82. The highest BCUT2D eigenvalue weighted by molar-refractivity contribution is 5.76. The van der Waals surface area contributed by atoms with Crippen LogP contribution < -0.4 is 16.0 Å². The van der Waals surface area contributed by atoms with E-state index in [4.69, 9.17) is 4.74 Å². The van der Waals surface area contributed by atoms with Crippen molar-refractivity contribution in [2.24, 2.45) is 0 Å². The van der Waals surface area contributed by atoms with Gasteiger partial charge in [-0.25, -0.2) is 9.78 Å². The number of nitrogens with zero attached hydrogens (tertiary/aromatic N) is 4. The maximum atomic E-state index is 12.4. The van der Waals surface area contributed by atoms with Crippen molar-refractivity contribution in [3.63, 3.8) is 0 Å². The Morgan fingerprint density at radius 1 is 1.36 bits per heavy atom. The van der Waals surface area contributed by atoms with Gasteiger partial charge >= 0.3 is 5.69 Å². The summed E-state index contributed by atoms with van der Waals surface area (Å²) in [5, 5.41) is 0. The maximum absolute atomic E-state index is 12.4. The summed E-state index contributed by atoms with van der Waals surface area (Å²) in [5.41, 5.74) is -0.963. The normalized spacial score (nSPS) is 17.3. The number of amides is 1. The number of aryl methyl sites for hydroxylation is 1. The number of carbonyl (C=O) groups excluding carboxylic acids is 1. The lowest BCUT2D eigenvalue weighted by atomic mass is 10.1. The van der Waals surface area contributed by atoms with Crippen LogP contribution in [0.15, 0.2) is 40.4 Å². The lowest BCUT2D eigenvalue weighted by Crippen LogP contribution is -2.45. The number of nitrogens with one attached hydrogen (secondary N) is 1. The van der Waals surface area contributed by atoms with Gasteiger partial charge < -0.3 is 14.2 Å². The Hall–Kier alpha value is -2.97. The van der Waals surface area contributed by atoms with Crippen LogP contribution in [-0.2, 0) is 11.3 Å². The van der Waals surface area contributed by atoms with Crippen LogP contribution in [0.3, 0.4) is 0 Å². The van der Waals surface area contributed by atoms with Crippen molar-refractivity contribution in [1.29, 1.82) is 0 Å². The van der Waals surface area contributed by atoms with Crippen LogP contribution in [0.1, 0.15) is 19.3 Å². The van der Waals surface area contributed by atoms with Crippen LogP contribution in [0.2, 0.25) is 0 Å². The molecule has 2 aromatic rings. The van der Waals surface area contributed by atoms with Gasteiger partial charge in [-0.15, -0.1) is 0 Å². The van der Waals surface area contributed by atoms with E-state index in [-0.39, 0.29) is 25.0 Å². The minimum Gasteiger partial charge on any atom is -0.471 e. The van der Waals surface area contributed by atoms with Gasteiger partial charge in [0.15, 0.2) is 0 Å². The van der Waals surface area contributed by atoms with Crippen molar-refractivity contribution in [3.8, 4) is 5.88 Å². The molecule has 3 rings (SSSR count). The Bertz CT molecular complexity index is 832. The number of aromatic amines is 1. The zero-order valence-corrected chi connectivity index (χ0v) is 13.6. The van der Waals surface area contributed by atoms with E-state index in [9.17, 15) is 14.4 Å². The van der Waals surface area contributed by atoms with Crippen molar-refractivity contribution in [1.82, 2.24) is 24.4 Å². The van der Waals surface area contributed by atoms with Crippen molar-refractivity contribution in [2.45, 2.75) is 31.9 Å². The highest BCUT2D eigenvalue weighted by atomic mass is 16.5. The zero-order chi connectivity index (χ0) is 17.6. The summed E-state index contributed by atoms with van der Waals surface area (Å²) in [6, 6.07) is 1.26. The van der Waals surface area contributed by atoms with Gasteiger partial charge in [0, 0.05) is 44.2 Å². The van der Waals surface area contributed by atoms with Crippen molar-refractivity contribution >= 4 is 5.91 Å². The Kier molecular flexibility index (Phi) is 5.22. The van der Waals surface area contributed by atoms with E-state index < -0.39 is 11.2 Å². The summed E-state index contributed by atoms with van der Waals surface area (Å²) in [7, 11) is 0. The first-order valence-corrected chi connectivity index (χ1v) is 8.12. The topological polar surface area (TPSA) is 110 Å². The van der Waals surface area contributed by atoms with Gasteiger partial charge in [-0.2, -0.15) is 0 Å². The minimum atomic E-state index is -0.511. The van der Waals surface area contributed by atoms with Crippen molar-refractivity contribution in [2.75, 3.05) is 13.1 Å². The molecule has 1 saturated heterocycles. The van der Waals surface area contributed by atoms with E-state index in [1.165, 1.54) is 16.8 Å². The quantitative estimate of drug-likeness (QED) is 0.803. The molecule has 0 saturated carbocycles. The largest absolute Gasteiger partial charge is 0.471 e. The number of H-pyrrole nitrogens is 1. The molecule has 1 N–H and O–H groups in total. The highest BCUT2D eigenvalue weighted by Gasteiger charge is 2.25. The smallest absolute Gasteiger partial charge is 0.328 e. The first kappa shape index (κ1) is 16.9. The van der Waals surface area contributed by atoms with Gasteiger partial charge in [0.1, 0.15) is 6.10 Å². The second kappa shape index (κ2) is 7.73. The van der Waals surface area contributed by atoms with E-state index >= 15 is 0 Å². The molecule has 1 fully saturated rings. The van der Waals surface area contributed by atoms with Crippen LogP contribution in [-0.4, -0.2) is 49.5 Å². The third kappa shape index (κ3) is 4.52. The lowest BCUT2D eigenvalue weighted by Gasteiger charge is -2.32. The third-order valence-electron chi connectivity index (χ3n) is 4.02. The zero-order valence-electron chi connectivity index (χ0n) is 13.6. The van der Waals surface area contributed by atoms with E-state index in [1.807, 2.05) is 0 Å². The van der Waals surface area contributed by atoms with Gasteiger partial charge in [-0.3, -0.25) is 19.6 Å². The molecule has 1 aliphatic heterocycles. The second-order valence-electron chi connectivity index (χ2n) is 5.82. The summed E-state index contributed by atoms with van der Waals surface area (Å²) in [6.07, 6.45) is 7.82. The molecule has 9 nitrogen and oxygen atoms in total. The average Bonchev–Trinajstić information content (AvgIpc) is 2.62. The van der Waals surface area contributed by atoms with Crippen molar-refractivity contribution < 1.29 is 9.53 Å². The summed E-state index contributed by atoms with van der Waals surface area (Å²) >= 11 is 0. The molecular weight excluding hydrogens is 326 g/mol. The number of aromatic nitrogens is 4. The van der Waals surface area contributed by atoms with E-state index in [0.29, 0.717) is 19.0 Å². The molecule has 2 aromatic heterocycles. The number of hydrogen-bond acceptors (Lipinski definition) is 6. The number of rotatable bonds is 5. The minimum absolute atomic E-state index is 0.0504. The van der Waals surface area contributed by atoms with E-state index in [1.54, 1.807) is 23.5 Å². The standard InChI is InChI=1S/C16H19N5O4/c22-13-3-8-20(16(24)19-13)9-4-15(23)21-7-1-2-12(11-21)25-14-10-17-5-6-18-14/h3,5-6,8,10,12H,1-2,4,7,9,11H2,(H,19,22,24)/t12-/m1/s1. The molecule has 0 radical (unpaired) electrons. The van der Waals surface area contributed by atoms with Crippen LogP contribution in [0.5, 0.6) is 5.88 Å². The predicted molar refractivity (Wildman–Crippen MR) is 88.2 cm³/mol. The Morgan fingerprint density at radius 3 is 3.00 bits per heavy atom. The molecule has 1 amide bonds. The van der Waals surface area contributed by atoms with Crippen LogP contribution >= 0.6 is 0 Å². The molecule has 3 heterocycles. The number of piperidine rings is 1. The monoisotopic (exact) mass is 345 g/mol. The number of hydrogen-bond donors (Lipinski definition) is 1. The molecular formula is C16H19N5O4. The fourth-order valence-electron chi connectivity index (χ4n) is 2.77. The first-order valence-electron chi connectivity index (χ1n) is 8.12. The molecule has 0 spiro atoms. The average molecular weight is 345 g/mol. The van der Waals surface area contributed by atoms with Crippen LogP contribution in [0.4, 0.5) is 0 Å². The van der Waals surface area contributed by atoms with Gasteiger partial charge in [0.2, 0.25) is 11.8 Å². The van der Waals surface area contributed by atoms with Crippen LogP contribution in [0.25, 0.3) is 0 Å².